The van der Waals surface area contributed by atoms with Crippen LogP contribution in [-0.2, 0) is 14.8 Å². The summed E-state index contributed by atoms with van der Waals surface area (Å²) in [5.74, 6) is 5.29. The van der Waals surface area contributed by atoms with Crippen LogP contribution in [0.25, 0.3) is 0 Å². The van der Waals surface area contributed by atoms with Gasteiger partial charge in [-0.25, -0.2) is 17.9 Å². The highest BCUT2D eigenvalue weighted by Crippen LogP contribution is 2.13. The number of rotatable bonds is 5. The molecule has 0 saturated heterocycles. The number of benzene rings is 1. The van der Waals surface area contributed by atoms with Crippen LogP contribution in [0.2, 0.25) is 0 Å². The summed E-state index contributed by atoms with van der Waals surface area (Å²) < 4.78 is 30.9. The zero-order valence-electron chi connectivity index (χ0n) is 10.6. The minimum absolute atomic E-state index is 0.0417. The van der Waals surface area contributed by atoms with E-state index in [1.54, 1.807) is 18.2 Å². The first kappa shape index (κ1) is 16.0. The molecule has 7 nitrogen and oxygen atoms in total. The Bertz CT molecular complexity index is 632. The van der Waals surface area contributed by atoms with Gasteiger partial charge in [-0.1, -0.05) is 24.0 Å². The summed E-state index contributed by atoms with van der Waals surface area (Å²) in [7, 11) is -3.74. The van der Waals surface area contributed by atoms with Crippen LogP contribution >= 0.6 is 0 Å². The number of nitrogens with one attached hydrogen (secondary N) is 1. The van der Waals surface area contributed by atoms with E-state index in [0.717, 1.165) is 0 Å². The zero-order valence-corrected chi connectivity index (χ0v) is 11.4. The number of carbonyl (C=O) groups is 1. The minimum atomic E-state index is -3.74. The topological polar surface area (TPSA) is 125 Å². The average Bonchev–Trinajstić information content (AvgIpc) is 2.41. The lowest BCUT2D eigenvalue weighted by Crippen LogP contribution is -2.29. The van der Waals surface area contributed by atoms with Crippen LogP contribution in [0.3, 0.4) is 0 Å². The fraction of sp³-hybridized carbons (Fsp3) is 0.250. The standard InChI is InChI=1S/C12H15N3O4S/c13-7-3-5-10-4-1-2-6-11(10)20(17,18)15-8-9-19-12(14)16/h1-2,4,6,15H,7-9,13H2,(H2,14,16). The highest BCUT2D eigenvalue weighted by Gasteiger charge is 2.16. The van der Waals surface area contributed by atoms with E-state index < -0.39 is 16.1 Å². The molecule has 0 spiro atoms. The van der Waals surface area contributed by atoms with Crippen LogP contribution < -0.4 is 16.2 Å². The van der Waals surface area contributed by atoms with Gasteiger partial charge in [0.25, 0.3) is 0 Å². The van der Waals surface area contributed by atoms with Gasteiger partial charge in [-0.15, -0.1) is 0 Å². The monoisotopic (exact) mass is 297 g/mol. The molecule has 0 aliphatic rings. The minimum Gasteiger partial charge on any atom is -0.448 e. The van der Waals surface area contributed by atoms with Gasteiger partial charge in [-0.2, -0.15) is 0 Å². The molecule has 0 fully saturated rings. The van der Waals surface area contributed by atoms with Crippen molar-refractivity contribution in [2.45, 2.75) is 4.90 Å². The van der Waals surface area contributed by atoms with Crippen molar-refractivity contribution in [1.82, 2.24) is 4.72 Å². The molecule has 0 aromatic heterocycles. The van der Waals surface area contributed by atoms with Crippen molar-refractivity contribution in [3.63, 3.8) is 0 Å². The van der Waals surface area contributed by atoms with E-state index in [4.69, 9.17) is 11.5 Å². The molecular weight excluding hydrogens is 282 g/mol. The summed E-state index contributed by atoms with van der Waals surface area (Å²) >= 11 is 0. The summed E-state index contributed by atoms with van der Waals surface area (Å²) in [6, 6.07) is 6.27. The Balaban J connectivity index is 2.84. The van der Waals surface area contributed by atoms with E-state index in [0.29, 0.717) is 5.56 Å². The molecule has 20 heavy (non-hydrogen) atoms. The molecule has 0 aliphatic heterocycles. The van der Waals surface area contributed by atoms with Crippen LogP contribution in [0, 0.1) is 11.8 Å². The molecule has 1 amide bonds. The zero-order chi connectivity index (χ0) is 15.0. The van der Waals surface area contributed by atoms with Gasteiger partial charge < -0.3 is 16.2 Å². The first-order chi connectivity index (χ1) is 9.47. The van der Waals surface area contributed by atoms with E-state index in [-0.39, 0.29) is 24.6 Å². The molecule has 0 saturated carbocycles. The second-order valence-corrected chi connectivity index (χ2v) is 5.30. The Hall–Kier alpha value is -2.08. The van der Waals surface area contributed by atoms with Crippen molar-refractivity contribution >= 4 is 16.1 Å². The van der Waals surface area contributed by atoms with Gasteiger partial charge in [-0.05, 0) is 12.1 Å². The highest BCUT2D eigenvalue weighted by molar-refractivity contribution is 7.89. The van der Waals surface area contributed by atoms with Crippen molar-refractivity contribution in [2.75, 3.05) is 19.7 Å². The molecule has 0 radical (unpaired) electrons. The quantitative estimate of drug-likeness (QED) is 0.493. The van der Waals surface area contributed by atoms with Crippen molar-refractivity contribution in [1.29, 1.82) is 0 Å². The largest absolute Gasteiger partial charge is 0.448 e. The SMILES string of the molecule is NCC#Cc1ccccc1S(=O)(=O)NCCOC(N)=O. The van der Waals surface area contributed by atoms with Gasteiger partial charge in [0, 0.05) is 12.1 Å². The Morgan fingerprint density at radius 3 is 2.70 bits per heavy atom. The number of hydrogen-bond acceptors (Lipinski definition) is 5. The van der Waals surface area contributed by atoms with Crippen molar-refractivity contribution in [2.24, 2.45) is 11.5 Å². The Morgan fingerprint density at radius 2 is 2.05 bits per heavy atom. The molecule has 1 aromatic carbocycles. The second kappa shape index (κ2) is 7.49. The van der Waals surface area contributed by atoms with Crippen molar-refractivity contribution in [3.8, 4) is 11.8 Å². The number of carbonyl (C=O) groups excluding carboxylic acids is 1. The first-order valence-corrected chi connectivity index (χ1v) is 7.15. The molecule has 0 heterocycles. The third-order valence-electron chi connectivity index (χ3n) is 2.14. The molecule has 1 aromatic rings. The molecule has 5 N–H and O–H groups in total. The maximum Gasteiger partial charge on any atom is 0.404 e. The van der Waals surface area contributed by atoms with Gasteiger partial charge in [-0.3, -0.25) is 0 Å². The summed E-state index contributed by atoms with van der Waals surface area (Å²) in [6.07, 6.45) is -0.960. The van der Waals surface area contributed by atoms with Crippen molar-refractivity contribution < 1.29 is 17.9 Å². The Morgan fingerprint density at radius 1 is 1.35 bits per heavy atom. The van der Waals surface area contributed by atoms with E-state index in [1.165, 1.54) is 6.07 Å². The lowest BCUT2D eigenvalue weighted by Gasteiger charge is -2.08. The first-order valence-electron chi connectivity index (χ1n) is 5.67. The maximum atomic E-state index is 12.1. The second-order valence-electron chi connectivity index (χ2n) is 3.57. The molecule has 0 aliphatic carbocycles. The van der Waals surface area contributed by atoms with Crippen LogP contribution in [0.5, 0.6) is 0 Å². The predicted octanol–water partition coefficient (Wildman–Crippen LogP) is -0.630. The van der Waals surface area contributed by atoms with Crippen LogP contribution in [-0.4, -0.2) is 34.2 Å². The Labute approximate surface area is 117 Å². The number of sulfonamides is 1. The van der Waals surface area contributed by atoms with Gasteiger partial charge in [0.15, 0.2) is 0 Å². The molecule has 0 unspecified atom stereocenters. The van der Waals surface area contributed by atoms with E-state index >= 15 is 0 Å². The normalized spacial score (nSPS) is 10.4. The third kappa shape index (κ3) is 4.89. The summed E-state index contributed by atoms with van der Waals surface area (Å²) in [5.41, 5.74) is 10.4. The van der Waals surface area contributed by atoms with E-state index in [9.17, 15) is 13.2 Å². The molecule has 0 bridgehead atoms. The summed E-state index contributed by atoms with van der Waals surface area (Å²) in [4.78, 5) is 10.4. The fourth-order valence-corrected chi connectivity index (χ4v) is 2.53. The number of hydrogen-bond donors (Lipinski definition) is 3. The van der Waals surface area contributed by atoms with E-state index in [1.807, 2.05) is 0 Å². The van der Waals surface area contributed by atoms with Gasteiger partial charge in [0.05, 0.1) is 11.4 Å². The highest BCUT2D eigenvalue weighted by atomic mass is 32.2. The fourth-order valence-electron chi connectivity index (χ4n) is 1.36. The smallest absolute Gasteiger partial charge is 0.404 e. The molecule has 8 heteroatoms. The van der Waals surface area contributed by atoms with Crippen LogP contribution in [0.15, 0.2) is 29.2 Å². The molecule has 0 atom stereocenters. The number of nitrogens with two attached hydrogens (primary N) is 2. The van der Waals surface area contributed by atoms with Crippen LogP contribution in [0.1, 0.15) is 5.56 Å². The van der Waals surface area contributed by atoms with Gasteiger partial charge >= 0.3 is 6.09 Å². The summed E-state index contributed by atoms with van der Waals surface area (Å²) in [5, 5.41) is 0. The molecule has 1 rings (SSSR count). The number of primary amides is 1. The predicted molar refractivity (Wildman–Crippen MR) is 73.1 cm³/mol. The summed E-state index contributed by atoms with van der Waals surface area (Å²) in [6.45, 7) is -0.0939. The van der Waals surface area contributed by atoms with Gasteiger partial charge in [0.1, 0.15) is 6.61 Å². The van der Waals surface area contributed by atoms with Crippen LogP contribution in [0.4, 0.5) is 4.79 Å². The maximum absolute atomic E-state index is 12.1. The lowest BCUT2D eigenvalue weighted by molar-refractivity contribution is 0.159. The van der Waals surface area contributed by atoms with Gasteiger partial charge in [0.2, 0.25) is 10.0 Å². The average molecular weight is 297 g/mol. The lowest BCUT2D eigenvalue weighted by atomic mass is 10.2. The Kier molecular flexibility index (Phi) is 5.99. The van der Waals surface area contributed by atoms with E-state index in [2.05, 4.69) is 21.3 Å². The molecule has 108 valence electrons. The molecular formula is C12H15N3O4S. The number of ether oxygens (including phenoxy) is 1. The van der Waals surface area contributed by atoms with Crippen molar-refractivity contribution in [3.05, 3.63) is 29.8 Å². The third-order valence-corrected chi connectivity index (χ3v) is 3.66. The number of amides is 1.